The molecule has 0 saturated carbocycles. The molecule has 10 heteroatoms. The number of carbonyl (C=O) groups excluding carboxylic acids is 2. The van der Waals surface area contributed by atoms with Gasteiger partial charge < -0.3 is 21.1 Å². The SMILES string of the molecule is CCc1nc(C(N)=O)c(Nc2ccc(F)c(CCNC(=O)OC(C)(C)C)c2)nc1Cl. The molecule has 30 heavy (non-hydrogen) atoms. The molecule has 1 aromatic heterocycles. The fraction of sp³-hybridized carbons (Fsp3) is 0.400. The molecule has 0 unspecified atom stereocenters. The summed E-state index contributed by atoms with van der Waals surface area (Å²) in [6.07, 6.45) is 0.131. The molecule has 0 fully saturated rings. The summed E-state index contributed by atoms with van der Waals surface area (Å²) in [7, 11) is 0. The normalized spacial score (nSPS) is 11.1. The number of ether oxygens (including phenoxy) is 1. The predicted octanol–water partition coefficient (Wildman–Crippen LogP) is 3.74. The maximum atomic E-state index is 14.2. The Morgan fingerprint density at radius 2 is 1.97 bits per heavy atom. The summed E-state index contributed by atoms with van der Waals surface area (Å²) in [5.74, 6) is -1.12. The van der Waals surface area contributed by atoms with Gasteiger partial charge in [0.05, 0.1) is 5.69 Å². The van der Waals surface area contributed by atoms with Gasteiger partial charge in [-0.25, -0.2) is 19.2 Å². The highest BCUT2D eigenvalue weighted by molar-refractivity contribution is 6.30. The third-order valence-corrected chi connectivity index (χ3v) is 4.16. The van der Waals surface area contributed by atoms with Gasteiger partial charge in [-0.15, -0.1) is 0 Å². The van der Waals surface area contributed by atoms with Gasteiger partial charge in [-0.2, -0.15) is 0 Å². The largest absolute Gasteiger partial charge is 0.444 e. The first-order valence-electron chi connectivity index (χ1n) is 9.38. The van der Waals surface area contributed by atoms with Gasteiger partial charge in [0.15, 0.2) is 16.7 Å². The lowest BCUT2D eigenvalue weighted by atomic mass is 10.1. The Balaban J connectivity index is 2.15. The van der Waals surface area contributed by atoms with Crippen molar-refractivity contribution in [3.8, 4) is 0 Å². The zero-order valence-corrected chi connectivity index (χ0v) is 18.1. The molecule has 2 rings (SSSR count). The van der Waals surface area contributed by atoms with Crippen molar-refractivity contribution in [2.75, 3.05) is 11.9 Å². The number of nitrogens with zero attached hydrogens (tertiary/aromatic N) is 2. The maximum absolute atomic E-state index is 14.2. The van der Waals surface area contributed by atoms with Crippen molar-refractivity contribution < 1.29 is 18.7 Å². The number of nitrogens with two attached hydrogens (primary N) is 1. The second-order valence-corrected chi connectivity index (χ2v) is 7.84. The van der Waals surface area contributed by atoms with E-state index < -0.39 is 23.4 Å². The molecule has 0 radical (unpaired) electrons. The van der Waals surface area contributed by atoms with Gasteiger partial charge in [0, 0.05) is 12.2 Å². The summed E-state index contributed by atoms with van der Waals surface area (Å²) >= 11 is 6.10. The standard InChI is InChI=1S/C20H25ClFN5O3/c1-5-14-16(21)27-18(15(26-14)17(23)28)25-12-6-7-13(22)11(10-12)8-9-24-19(29)30-20(2,3)4/h6-7,10H,5,8-9H2,1-4H3,(H2,23,28)(H,24,29)(H,25,27). The Kier molecular flexibility index (Phi) is 7.55. The minimum absolute atomic E-state index is 0.0614. The second kappa shape index (κ2) is 9.71. The Labute approximate surface area is 179 Å². The lowest BCUT2D eigenvalue weighted by Crippen LogP contribution is -2.33. The van der Waals surface area contributed by atoms with Crippen LogP contribution in [-0.2, 0) is 17.6 Å². The number of anilines is 2. The number of halogens is 2. The van der Waals surface area contributed by atoms with Crippen molar-refractivity contribution in [1.82, 2.24) is 15.3 Å². The van der Waals surface area contributed by atoms with Gasteiger partial charge in [-0.1, -0.05) is 18.5 Å². The quantitative estimate of drug-likeness (QED) is 0.607. The minimum Gasteiger partial charge on any atom is -0.444 e. The van der Waals surface area contributed by atoms with Crippen molar-refractivity contribution in [2.45, 2.75) is 46.1 Å². The highest BCUT2D eigenvalue weighted by Crippen LogP contribution is 2.24. The van der Waals surface area contributed by atoms with Crippen molar-refractivity contribution in [3.63, 3.8) is 0 Å². The Hall–Kier alpha value is -2.94. The highest BCUT2D eigenvalue weighted by atomic mass is 35.5. The van der Waals surface area contributed by atoms with Crippen LogP contribution in [0.3, 0.4) is 0 Å². The molecule has 1 heterocycles. The molecular weight excluding hydrogens is 413 g/mol. The first-order chi connectivity index (χ1) is 14.0. The van der Waals surface area contributed by atoms with Gasteiger partial charge >= 0.3 is 6.09 Å². The molecule has 0 spiro atoms. The topological polar surface area (TPSA) is 119 Å². The molecule has 2 aromatic rings. The molecule has 0 aliphatic heterocycles. The van der Waals surface area contributed by atoms with Crippen LogP contribution in [-0.4, -0.2) is 34.1 Å². The van der Waals surface area contributed by atoms with E-state index in [1.54, 1.807) is 26.8 Å². The first-order valence-corrected chi connectivity index (χ1v) is 9.76. The smallest absolute Gasteiger partial charge is 0.407 e. The zero-order valence-electron chi connectivity index (χ0n) is 17.3. The van der Waals surface area contributed by atoms with Crippen LogP contribution in [0.5, 0.6) is 0 Å². The van der Waals surface area contributed by atoms with E-state index in [9.17, 15) is 14.0 Å². The Morgan fingerprint density at radius 1 is 1.27 bits per heavy atom. The number of aromatic nitrogens is 2. The third kappa shape index (κ3) is 6.55. The lowest BCUT2D eigenvalue weighted by molar-refractivity contribution is 0.0528. The van der Waals surface area contributed by atoms with Crippen LogP contribution in [0, 0.1) is 5.82 Å². The van der Waals surface area contributed by atoms with Crippen LogP contribution < -0.4 is 16.4 Å². The lowest BCUT2D eigenvalue weighted by Gasteiger charge is -2.19. The fourth-order valence-corrected chi connectivity index (χ4v) is 2.79. The van der Waals surface area contributed by atoms with Gasteiger partial charge in [0.1, 0.15) is 11.4 Å². The number of benzene rings is 1. The molecule has 0 atom stereocenters. The molecule has 0 aliphatic carbocycles. The van der Waals surface area contributed by atoms with Crippen molar-refractivity contribution in [3.05, 3.63) is 46.1 Å². The van der Waals surface area contributed by atoms with E-state index in [2.05, 4.69) is 20.6 Å². The Bertz CT molecular complexity index is 947. The van der Waals surface area contributed by atoms with E-state index in [1.165, 1.54) is 12.1 Å². The molecule has 4 N–H and O–H groups in total. The summed E-state index contributed by atoms with van der Waals surface area (Å²) in [6.45, 7) is 7.27. The number of alkyl carbamates (subject to hydrolysis) is 1. The number of rotatable bonds is 7. The second-order valence-electron chi connectivity index (χ2n) is 7.49. The van der Waals surface area contributed by atoms with Crippen LogP contribution in [0.1, 0.15) is 49.4 Å². The fourth-order valence-electron chi connectivity index (χ4n) is 2.53. The van der Waals surface area contributed by atoms with Gasteiger partial charge in [-0.05, 0) is 57.4 Å². The van der Waals surface area contributed by atoms with E-state index in [-0.39, 0.29) is 29.6 Å². The molecule has 0 aliphatic rings. The summed E-state index contributed by atoms with van der Waals surface area (Å²) < 4.78 is 19.3. The monoisotopic (exact) mass is 437 g/mol. The van der Waals surface area contributed by atoms with Gasteiger partial charge in [0.25, 0.3) is 5.91 Å². The number of hydrogen-bond acceptors (Lipinski definition) is 6. The number of hydrogen-bond donors (Lipinski definition) is 3. The number of primary amides is 1. The number of carbonyl (C=O) groups is 2. The molecule has 162 valence electrons. The van der Waals surface area contributed by atoms with Gasteiger partial charge in [0.2, 0.25) is 0 Å². The average molecular weight is 438 g/mol. The molecule has 0 saturated heterocycles. The summed E-state index contributed by atoms with van der Waals surface area (Å²) in [5, 5.41) is 5.63. The predicted molar refractivity (Wildman–Crippen MR) is 113 cm³/mol. The highest BCUT2D eigenvalue weighted by Gasteiger charge is 2.18. The Morgan fingerprint density at radius 3 is 2.57 bits per heavy atom. The van der Waals surface area contributed by atoms with Gasteiger partial charge in [-0.3, -0.25) is 4.79 Å². The first kappa shape index (κ1) is 23.3. The van der Waals surface area contributed by atoms with Crippen LogP contribution in [0.4, 0.5) is 20.7 Å². The molecule has 8 nitrogen and oxygen atoms in total. The van der Waals surface area contributed by atoms with E-state index >= 15 is 0 Å². The summed E-state index contributed by atoms with van der Waals surface area (Å²) in [4.78, 5) is 31.8. The van der Waals surface area contributed by atoms with E-state index in [1.807, 2.05) is 6.92 Å². The molecule has 2 amide bonds. The number of amides is 2. The van der Waals surface area contributed by atoms with Crippen molar-refractivity contribution in [1.29, 1.82) is 0 Å². The van der Waals surface area contributed by atoms with Crippen LogP contribution in [0.25, 0.3) is 0 Å². The van der Waals surface area contributed by atoms with E-state index in [4.69, 9.17) is 22.1 Å². The molecule has 0 bridgehead atoms. The minimum atomic E-state index is -0.764. The van der Waals surface area contributed by atoms with Crippen LogP contribution in [0.2, 0.25) is 5.15 Å². The number of nitrogens with one attached hydrogen (secondary N) is 2. The van der Waals surface area contributed by atoms with Crippen LogP contribution in [0.15, 0.2) is 18.2 Å². The summed E-state index contributed by atoms with van der Waals surface area (Å²) in [6, 6.07) is 4.29. The van der Waals surface area contributed by atoms with E-state index in [0.717, 1.165) is 0 Å². The molecular formula is C20H25ClFN5O3. The van der Waals surface area contributed by atoms with Crippen LogP contribution >= 0.6 is 11.6 Å². The third-order valence-electron chi connectivity index (χ3n) is 3.86. The zero-order chi connectivity index (χ0) is 22.5. The average Bonchev–Trinajstić information content (AvgIpc) is 2.62. The van der Waals surface area contributed by atoms with Crippen molar-refractivity contribution in [2.24, 2.45) is 5.73 Å². The molecule has 1 aromatic carbocycles. The number of aryl methyl sites for hydroxylation is 1. The van der Waals surface area contributed by atoms with E-state index in [0.29, 0.717) is 23.4 Å². The summed E-state index contributed by atoms with van der Waals surface area (Å²) in [5.41, 5.74) is 5.97. The maximum Gasteiger partial charge on any atom is 0.407 e. The van der Waals surface area contributed by atoms with Crippen molar-refractivity contribution >= 4 is 35.1 Å².